The second kappa shape index (κ2) is 8.22. The molecule has 10 heteroatoms. The predicted octanol–water partition coefficient (Wildman–Crippen LogP) is 3.51. The van der Waals surface area contributed by atoms with Gasteiger partial charge in [0.05, 0.1) is 5.56 Å². The SMILES string of the molecule is C=C(C)C(=O)OC(CCC)c1c(C(=O)O)ccc2nn(-c3cc4c(cc3O)OCO4)nc12. The number of phenolic OH excluding ortho intramolecular Hbond substituents is 1. The number of carbonyl (C=O) groups is 2. The molecule has 3 aromatic rings. The zero-order valence-electron chi connectivity index (χ0n) is 17.5. The monoisotopic (exact) mass is 439 g/mol. The molecule has 0 bridgehead atoms. The van der Waals surface area contributed by atoms with Crippen molar-refractivity contribution in [3.63, 3.8) is 0 Å². The van der Waals surface area contributed by atoms with Crippen molar-refractivity contribution < 1.29 is 34.0 Å². The van der Waals surface area contributed by atoms with Gasteiger partial charge in [-0.15, -0.1) is 15.0 Å². The highest BCUT2D eigenvalue weighted by atomic mass is 16.7. The van der Waals surface area contributed by atoms with Crippen LogP contribution in [0.25, 0.3) is 16.7 Å². The summed E-state index contributed by atoms with van der Waals surface area (Å²) < 4.78 is 16.2. The highest BCUT2D eigenvalue weighted by Crippen LogP contribution is 2.39. The van der Waals surface area contributed by atoms with Crippen LogP contribution in [-0.2, 0) is 9.53 Å². The molecule has 1 aliphatic heterocycles. The van der Waals surface area contributed by atoms with Crippen molar-refractivity contribution in [2.24, 2.45) is 0 Å². The van der Waals surface area contributed by atoms with Crippen molar-refractivity contribution in [3.8, 4) is 22.9 Å². The molecule has 4 rings (SSSR count). The lowest BCUT2D eigenvalue weighted by atomic mass is 9.97. The lowest BCUT2D eigenvalue weighted by Gasteiger charge is -2.19. The second-order valence-corrected chi connectivity index (χ2v) is 7.35. The number of phenols is 1. The van der Waals surface area contributed by atoms with Crippen LogP contribution in [0.2, 0.25) is 0 Å². The van der Waals surface area contributed by atoms with Gasteiger partial charge in [0.15, 0.2) is 11.5 Å². The first kappa shape index (κ1) is 21.2. The molecule has 32 heavy (non-hydrogen) atoms. The fourth-order valence-electron chi connectivity index (χ4n) is 3.46. The number of fused-ring (bicyclic) bond motifs is 2. The fraction of sp³-hybridized carbons (Fsp3) is 0.273. The Kier molecular flexibility index (Phi) is 5.43. The van der Waals surface area contributed by atoms with Crippen molar-refractivity contribution in [3.05, 3.63) is 47.5 Å². The zero-order chi connectivity index (χ0) is 23.0. The first-order valence-electron chi connectivity index (χ1n) is 9.92. The van der Waals surface area contributed by atoms with E-state index in [1.807, 2.05) is 6.92 Å². The fourth-order valence-corrected chi connectivity index (χ4v) is 3.46. The molecule has 0 amide bonds. The molecule has 10 nitrogen and oxygen atoms in total. The number of carboxylic acid groups (broad SMARTS) is 1. The van der Waals surface area contributed by atoms with Crippen LogP contribution in [0.1, 0.15) is 48.7 Å². The minimum Gasteiger partial charge on any atom is -0.505 e. The molecular weight excluding hydrogens is 418 g/mol. The van der Waals surface area contributed by atoms with Gasteiger partial charge in [0.25, 0.3) is 0 Å². The third-order valence-corrected chi connectivity index (χ3v) is 4.98. The molecule has 1 aliphatic rings. The number of ether oxygens (including phenoxy) is 3. The Morgan fingerprint density at radius 3 is 2.62 bits per heavy atom. The van der Waals surface area contributed by atoms with Crippen LogP contribution in [0.5, 0.6) is 17.2 Å². The first-order valence-corrected chi connectivity index (χ1v) is 9.92. The average Bonchev–Trinajstić information content (AvgIpc) is 3.37. The minimum absolute atomic E-state index is 0.0334. The summed E-state index contributed by atoms with van der Waals surface area (Å²) in [6, 6.07) is 5.83. The van der Waals surface area contributed by atoms with Crippen LogP contribution in [0, 0.1) is 0 Å². The van der Waals surface area contributed by atoms with Crippen molar-refractivity contribution in [1.29, 1.82) is 0 Å². The number of rotatable bonds is 7. The highest BCUT2D eigenvalue weighted by Gasteiger charge is 2.28. The van der Waals surface area contributed by atoms with Gasteiger partial charge in [-0.25, -0.2) is 9.59 Å². The number of hydrogen-bond acceptors (Lipinski definition) is 8. The van der Waals surface area contributed by atoms with Gasteiger partial charge < -0.3 is 24.4 Å². The molecule has 2 aromatic carbocycles. The van der Waals surface area contributed by atoms with E-state index < -0.39 is 18.0 Å². The number of esters is 1. The van der Waals surface area contributed by atoms with Crippen LogP contribution in [0.3, 0.4) is 0 Å². The molecule has 2 heterocycles. The van der Waals surface area contributed by atoms with E-state index in [0.717, 1.165) is 0 Å². The molecule has 2 N–H and O–H groups in total. The van der Waals surface area contributed by atoms with Gasteiger partial charge in [0.2, 0.25) is 6.79 Å². The molecule has 1 aromatic heterocycles. The van der Waals surface area contributed by atoms with Crippen molar-refractivity contribution in [2.45, 2.75) is 32.8 Å². The third-order valence-electron chi connectivity index (χ3n) is 4.98. The second-order valence-electron chi connectivity index (χ2n) is 7.35. The summed E-state index contributed by atoms with van der Waals surface area (Å²) >= 11 is 0. The molecule has 166 valence electrons. The number of nitrogens with zero attached hydrogens (tertiary/aromatic N) is 3. The van der Waals surface area contributed by atoms with Crippen LogP contribution in [0.15, 0.2) is 36.4 Å². The smallest absolute Gasteiger partial charge is 0.336 e. The standard InChI is InChI=1S/C22H21N3O7/c1-4-5-16(32-22(29)11(2)3)19-12(21(27)28)6-7-13-20(19)24-25(23-13)14-8-17-18(9-15(14)26)31-10-30-17/h6-9,16,26H,2,4-5,10H2,1,3H3,(H,27,28). The van der Waals surface area contributed by atoms with Crippen molar-refractivity contribution >= 4 is 23.0 Å². The predicted molar refractivity (Wildman–Crippen MR) is 112 cm³/mol. The summed E-state index contributed by atoms with van der Waals surface area (Å²) in [7, 11) is 0. The normalized spacial score (nSPS) is 13.2. The Labute approximate surface area is 182 Å². The van der Waals surface area contributed by atoms with E-state index in [4.69, 9.17) is 14.2 Å². The summed E-state index contributed by atoms with van der Waals surface area (Å²) in [5.41, 5.74) is 1.22. The topological polar surface area (TPSA) is 133 Å². The quantitative estimate of drug-likeness (QED) is 0.419. The summed E-state index contributed by atoms with van der Waals surface area (Å²) in [6.07, 6.45) is 0.135. The summed E-state index contributed by atoms with van der Waals surface area (Å²) in [6.45, 7) is 7.03. The van der Waals surface area contributed by atoms with Gasteiger partial charge >= 0.3 is 11.9 Å². The van der Waals surface area contributed by atoms with Gasteiger partial charge in [-0.05, 0) is 25.5 Å². The molecule has 0 saturated carbocycles. The van der Waals surface area contributed by atoms with Gasteiger partial charge in [-0.3, -0.25) is 0 Å². The van der Waals surface area contributed by atoms with Crippen LogP contribution >= 0.6 is 0 Å². The van der Waals surface area contributed by atoms with Gasteiger partial charge in [0.1, 0.15) is 28.6 Å². The van der Waals surface area contributed by atoms with Gasteiger partial charge in [-0.1, -0.05) is 19.9 Å². The summed E-state index contributed by atoms with van der Waals surface area (Å²) in [5, 5.41) is 29.0. The highest BCUT2D eigenvalue weighted by molar-refractivity contribution is 5.96. The summed E-state index contributed by atoms with van der Waals surface area (Å²) in [4.78, 5) is 25.4. The number of carboxylic acids is 1. The van der Waals surface area contributed by atoms with Crippen molar-refractivity contribution in [1.82, 2.24) is 15.0 Å². The first-order chi connectivity index (χ1) is 15.3. The Bertz CT molecular complexity index is 1250. The molecule has 0 fully saturated rings. The number of aromatic nitrogens is 3. The number of aromatic hydroxyl groups is 1. The van der Waals surface area contributed by atoms with E-state index in [1.54, 1.807) is 0 Å². The molecular formula is C22H21N3O7. The van der Waals surface area contributed by atoms with Gasteiger partial charge in [0, 0.05) is 23.3 Å². The van der Waals surface area contributed by atoms with Gasteiger partial charge in [-0.2, -0.15) is 0 Å². The Hall–Kier alpha value is -4.08. The molecule has 0 radical (unpaired) electrons. The third kappa shape index (κ3) is 3.70. The van der Waals surface area contributed by atoms with Crippen LogP contribution in [0.4, 0.5) is 0 Å². The molecule has 0 spiro atoms. The van der Waals surface area contributed by atoms with E-state index in [0.29, 0.717) is 29.9 Å². The van der Waals surface area contributed by atoms with E-state index in [2.05, 4.69) is 16.8 Å². The lowest BCUT2D eigenvalue weighted by Crippen LogP contribution is -2.16. The van der Waals surface area contributed by atoms with Crippen LogP contribution < -0.4 is 9.47 Å². The summed E-state index contributed by atoms with van der Waals surface area (Å²) in [5.74, 6) is -1.14. The maximum absolute atomic E-state index is 12.2. The Morgan fingerprint density at radius 1 is 1.25 bits per heavy atom. The van der Waals surface area contributed by atoms with Crippen molar-refractivity contribution in [2.75, 3.05) is 6.79 Å². The largest absolute Gasteiger partial charge is 0.505 e. The number of aromatic carboxylic acids is 1. The molecule has 0 aliphatic carbocycles. The maximum atomic E-state index is 12.2. The molecule has 0 saturated heterocycles. The Balaban J connectivity index is 1.89. The minimum atomic E-state index is -1.19. The lowest BCUT2D eigenvalue weighted by molar-refractivity contribution is -0.144. The number of carbonyl (C=O) groups excluding carboxylic acids is 1. The van der Waals surface area contributed by atoms with E-state index in [9.17, 15) is 19.8 Å². The molecule has 1 atom stereocenters. The maximum Gasteiger partial charge on any atom is 0.336 e. The van der Waals surface area contributed by atoms with E-state index >= 15 is 0 Å². The zero-order valence-corrected chi connectivity index (χ0v) is 17.5. The van der Waals surface area contributed by atoms with Crippen LogP contribution in [-0.4, -0.2) is 43.9 Å². The Morgan fingerprint density at radius 2 is 1.97 bits per heavy atom. The average molecular weight is 439 g/mol. The molecule has 1 unspecified atom stereocenters. The number of benzene rings is 2. The van der Waals surface area contributed by atoms with E-state index in [-0.39, 0.29) is 40.4 Å². The number of hydrogen-bond donors (Lipinski definition) is 2. The van der Waals surface area contributed by atoms with E-state index in [1.165, 1.54) is 36.0 Å².